The third-order valence-electron chi connectivity index (χ3n) is 2.45. The Morgan fingerprint density at radius 1 is 1.44 bits per heavy atom. The molecule has 1 rings (SSSR count). The van der Waals surface area contributed by atoms with Crippen molar-refractivity contribution in [3.8, 4) is 0 Å². The Hall–Kier alpha value is -2.17. The van der Waals surface area contributed by atoms with E-state index in [-0.39, 0.29) is 11.5 Å². The number of nitrogens with zero attached hydrogens (tertiary/aromatic N) is 2. The molecule has 1 atom stereocenters. The van der Waals surface area contributed by atoms with E-state index in [2.05, 4.69) is 5.16 Å². The summed E-state index contributed by atoms with van der Waals surface area (Å²) in [6.07, 6.45) is 4.63. The van der Waals surface area contributed by atoms with Gasteiger partial charge in [-0.1, -0.05) is 11.2 Å². The zero-order chi connectivity index (χ0) is 13.5. The van der Waals surface area contributed by atoms with E-state index in [9.17, 15) is 9.60 Å². The maximum Gasteiger partial charge on any atom is 0.206 e. The lowest BCUT2D eigenvalue weighted by Crippen LogP contribution is -2.29. The Kier molecular flexibility index (Phi) is 5.05. The van der Waals surface area contributed by atoms with E-state index in [0.717, 1.165) is 0 Å². The van der Waals surface area contributed by atoms with E-state index in [0.29, 0.717) is 10.3 Å². The summed E-state index contributed by atoms with van der Waals surface area (Å²) >= 11 is 0. The quantitative estimate of drug-likeness (QED) is 0.293. The van der Waals surface area contributed by atoms with Crippen molar-refractivity contribution < 1.29 is 14.3 Å². The Morgan fingerprint density at radius 2 is 2.06 bits per heavy atom. The third-order valence-corrected chi connectivity index (χ3v) is 2.45. The predicted octanol–water partition coefficient (Wildman–Crippen LogP) is 2.55. The van der Waals surface area contributed by atoms with Crippen LogP contribution in [0.2, 0.25) is 0 Å². The van der Waals surface area contributed by atoms with E-state index in [1.165, 1.54) is 30.5 Å². The van der Waals surface area contributed by atoms with Crippen molar-refractivity contribution in [3.05, 3.63) is 53.0 Å². The molecule has 0 aliphatic heterocycles. The first-order valence-corrected chi connectivity index (χ1v) is 5.49. The minimum atomic E-state index is -0.670. The fourth-order valence-electron chi connectivity index (χ4n) is 1.42. The lowest BCUT2D eigenvalue weighted by atomic mass is 10.0. The number of benzene rings is 1. The summed E-state index contributed by atoms with van der Waals surface area (Å²) in [4.78, 5) is 0. The van der Waals surface area contributed by atoms with Crippen LogP contribution in [-0.2, 0) is 0 Å². The maximum atomic E-state index is 12.8. The van der Waals surface area contributed by atoms with Crippen LogP contribution in [0.3, 0.4) is 0 Å². The first kappa shape index (κ1) is 13.9. The average molecular weight is 250 g/mol. The molecule has 0 aliphatic rings. The zero-order valence-corrected chi connectivity index (χ0v) is 10.2. The highest BCUT2D eigenvalue weighted by Gasteiger charge is 2.20. The van der Waals surface area contributed by atoms with Crippen LogP contribution in [-0.4, -0.2) is 27.9 Å². The minimum Gasteiger partial charge on any atom is -0.623 e. The second kappa shape index (κ2) is 6.54. The Balaban J connectivity index is 3.01. The standard InChI is InChI=1S/C13H15FN2O2/c1-3-4-9-16(18)10(2)13(15-17)11-5-7-12(14)8-6-11/h3-10,17H,1-2H3/b4-3+,15-13?,16-9-. The molecule has 0 aromatic heterocycles. The van der Waals surface area contributed by atoms with Crippen molar-refractivity contribution in [1.82, 2.24) is 0 Å². The van der Waals surface area contributed by atoms with Crippen molar-refractivity contribution in [2.45, 2.75) is 19.9 Å². The lowest BCUT2D eigenvalue weighted by molar-refractivity contribution is -0.471. The molecule has 0 saturated heterocycles. The van der Waals surface area contributed by atoms with E-state index in [4.69, 9.17) is 5.21 Å². The van der Waals surface area contributed by atoms with E-state index in [1.807, 2.05) is 0 Å². The Bertz CT molecular complexity index is 478. The van der Waals surface area contributed by atoms with Crippen LogP contribution >= 0.6 is 0 Å². The van der Waals surface area contributed by atoms with Gasteiger partial charge in [0, 0.05) is 12.5 Å². The fraction of sp³-hybridized carbons (Fsp3) is 0.231. The smallest absolute Gasteiger partial charge is 0.206 e. The maximum absolute atomic E-state index is 12.8. The van der Waals surface area contributed by atoms with Crippen LogP contribution in [0.25, 0.3) is 0 Å². The zero-order valence-electron chi connectivity index (χ0n) is 10.2. The van der Waals surface area contributed by atoms with Gasteiger partial charge < -0.3 is 10.4 Å². The summed E-state index contributed by atoms with van der Waals surface area (Å²) < 4.78 is 13.5. The third kappa shape index (κ3) is 3.41. The van der Waals surface area contributed by atoms with Crippen molar-refractivity contribution in [2.75, 3.05) is 0 Å². The molecule has 0 saturated carbocycles. The summed E-state index contributed by atoms with van der Waals surface area (Å²) in [7, 11) is 0. The Labute approximate surface area is 105 Å². The number of hydroxylamine groups is 1. The summed E-state index contributed by atoms with van der Waals surface area (Å²) in [6, 6.07) is 4.75. The van der Waals surface area contributed by atoms with Crippen LogP contribution in [0.15, 0.2) is 41.6 Å². The van der Waals surface area contributed by atoms with Crippen LogP contribution in [0.1, 0.15) is 19.4 Å². The van der Waals surface area contributed by atoms with Crippen molar-refractivity contribution in [2.24, 2.45) is 5.16 Å². The van der Waals surface area contributed by atoms with Gasteiger partial charge in [0.2, 0.25) is 6.04 Å². The number of halogens is 1. The molecule has 96 valence electrons. The van der Waals surface area contributed by atoms with Gasteiger partial charge in [0.15, 0.2) is 11.9 Å². The Morgan fingerprint density at radius 3 is 2.56 bits per heavy atom. The molecule has 0 heterocycles. The van der Waals surface area contributed by atoms with Gasteiger partial charge in [-0.3, -0.25) is 0 Å². The molecule has 4 nitrogen and oxygen atoms in total. The molecular formula is C13H15FN2O2. The molecule has 0 amide bonds. The molecule has 1 N–H and O–H groups in total. The highest BCUT2D eigenvalue weighted by molar-refractivity contribution is 6.03. The monoisotopic (exact) mass is 250 g/mol. The molecule has 0 spiro atoms. The van der Waals surface area contributed by atoms with Gasteiger partial charge in [0.25, 0.3) is 0 Å². The van der Waals surface area contributed by atoms with Crippen molar-refractivity contribution in [3.63, 3.8) is 0 Å². The number of hydrogen-bond donors (Lipinski definition) is 1. The van der Waals surface area contributed by atoms with Gasteiger partial charge in [0.05, 0.1) is 0 Å². The molecule has 5 heteroatoms. The summed E-state index contributed by atoms with van der Waals surface area (Å²) in [5, 5.41) is 23.8. The van der Waals surface area contributed by atoms with Crippen LogP contribution in [0.4, 0.5) is 4.39 Å². The van der Waals surface area contributed by atoms with E-state index in [1.54, 1.807) is 26.0 Å². The lowest BCUT2D eigenvalue weighted by Gasteiger charge is -2.13. The number of hydrogen-bond acceptors (Lipinski definition) is 3. The molecule has 0 radical (unpaired) electrons. The average Bonchev–Trinajstić information content (AvgIpc) is 2.38. The van der Waals surface area contributed by atoms with Crippen molar-refractivity contribution >= 4 is 11.9 Å². The van der Waals surface area contributed by atoms with Gasteiger partial charge >= 0.3 is 0 Å². The molecule has 1 aromatic carbocycles. The fourth-order valence-corrected chi connectivity index (χ4v) is 1.42. The highest BCUT2D eigenvalue weighted by Crippen LogP contribution is 2.08. The van der Waals surface area contributed by atoms with Gasteiger partial charge in [0.1, 0.15) is 5.82 Å². The van der Waals surface area contributed by atoms with E-state index >= 15 is 0 Å². The highest BCUT2D eigenvalue weighted by atomic mass is 19.1. The van der Waals surface area contributed by atoms with E-state index < -0.39 is 6.04 Å². The number of oxime groups is 1. The SMILES string of the molecule is C/C=C/C=[N+](\[O-])C(C)C(=NO)c1ccc(F)cc1. The molecular weight excluding hydrogens is 235 g/mol. The molecule has 1 unspecified atom stereocenters. The van der Waals surface area contributed by atoms with Gasteiger partial charge in [-0.15, -0.1) is 0 Å². The van der Waals surface area contributed by atoms with Crippen LogP contribution in [0.5, 0.6) is 0 Å². The molecule has 18 heavy (non-hydrogen) atoms. The first-order chi connectivity index (χ1) is 8.60. The number of allylic oxidation sites excluding steroid dienone is 2. The van der Waals surface area contributed by atoms with Crippen molar-refractivity contribution in [1.29, 1.82) is 0 Å². The van der Waals surface area contributed by atoms with Crippen LogP contribution < -0.4 is 0 Å². The van der Waals surface area contributed by atoms with Gasteiger partial charge in [-0.2, -0.15) is 0 Å². The molecule has 0 aliphatic carbocycles. The summed E-state index contributed by atoms with van der Waals surface area (Å²) in [6.45, 7) is 3.39. The molecule has 0 bridgehead atoms. The second-order valence-electron chi connectivity index (χ2n) is 3.70. The normalized spacial score (nSPS) is 15.1. The van der Waals surface area contributed by atoms with Gasteiger partial charge in [-0.05, 0) is 37.3 Å². The first-order valence-electron chi connectivity index (χ1n) is 5.49. The topological polar surface area (TPSA) is 58.7 Å². The van der Waals surface area contributed by atoms with Crippen LogP contribution in [0, 0.1) is 11.0 Å². The largest absolute Gasteiger partial charge is 0.623 e. The summed E-state index contributed by atoms with van der Waals surface area (Å²) in [5.41, 5.74) is 0.687. The number of rotatable bonds is 4. The predicted molar refractivity (Wildman–Crippen MR) is 68.7 cm³/mol. The summed E-state index contributed by atoms with van der Waals surface area (Å²) in [5.74, 6) is -0.386. The second-order valence-corrected chi connectivity index (χ2v) is 3.70. The molecule has 1 aromatic rings. The van der Waals surface area contributed by atoms with Gasteiger partial charge in [-0.25, -0.2) is 9.13 Å². The molecule has 0 fully saturated rings. The minimum absolute atomic E-state index is 0.186.